The van der Waals surface area contributed by atoms with E-state index in [1.807, 2.05) is 56.1 Å². The summed E-state index contributed by atoms with van der Waals surface area (Å²) in [6.45, 7) is 16.0. The Bertz CT molecular complexity index is 1870. The van der Waals surface area contributed by atoms with E-state index in [0.717, 1.165) is 64.6 Å². The van der Waals surface area contributed by atoms with E-state index in [0.29, 0.717) is 37.9 Å². The maximum absolute atomic E-state index is 13.8. The number of hydrogen-bond donors (Lipinski definition) is 3. The zero-order valence-electron chi connectivity index (χ0n) is 33.5. The lowest BCUT2D eigenvalue weighted by Crippen LogP contribution is -2.43. The van der Waals surface area contributed by atoms with Crippen molar-refractivity contribution in [2.24, 2.45) is 16.8 Å². The number of aromatic amines is 2. The predicted octanol–water partition coefficient (Wildman–Crippen LogP) is 7.62. The molecule has 2 atom stereocenters. The Labute approximate surface area is 321 Å². The highest BCUT2D eigenvalue weighted by Gasteiger charge is 2.37. The van der Waals surface area contributed by atoms with Crippen molar-refractivity contribution in [2.45, 2.75) is 92.8 Å². The van der Waals surface area contributed by atoms with Gasteiger partial charge in [0, 0.05) is 33.6 Å². The molecular weight excluding hydrogens is 677 g/mol. The number of aliphatic imine (C=N–C) groups is 1. The second-order valence-corrected chi connectivity index (χ2v) is 14.5. The number of benzene rings is 2. The van der Waals surface area contributed by atoms with Gasteiger partial charge in [-0.2, -0.15) is 5.26 Å². The van der Waals surface area contributed by atoms with Crippen molar-refractivity contribution in [1.82, 2.24) is 40.0 Å². The average molecular weight is 735 g/mol. The van der Waals surface area contributed by atoms with Crippen LogP contribution in [-0.4, -0.2) is 85.6 Å². The Morgan fingerprint density at radius 2 is 1.52 bits per heavy atom. The number of amides is 2. The van der Waals surface area contributed by atoms with Gasteiger partial charge in [-0.15, -0.1) is 0 Å². The summed E-state index contributed by atoms with van der Waals surface area (Å²) < 4.78 is 0. The van der Waals surface area contributed by atoms with E-state index in [9.17, 15) is 9.59 Å². The molecule has 0 bridgehead atoms. The number of likely N-dealkylation sites (tertiary alicyclic amines) is 1. The summed E-state index contributed by atoms with van der Waals surface area (Å²) in [5.74, 6) is 2.27. The van der Waals surface area contributed by atoms with Crippen LogP contribution in [0, 0.1) is 23.3 Å². The summed E-state index contributed by atoms with van der Waals surface area (Å²) in [4.78, 5) is 52.9. The van der Waals surface area contributed by atoms with Crippen LogP contribution in [0.5, 0.6) is 0 Å². The topological polar surface area (TPSA) is 149 Å². The minimum Gasteiger partial charge on any atom is -0.348 e. The molecule has 54 heavy (non-hydrogen) atoms. The van der Waals surface area contributed by atoms with Crippen LogP contribution in [0.3, 0.4) is 0 Å². The van der Waals surface area contributed by atoms with Crippen molar-refractivity contribution >= 4 is 17.8 Å². The quantitative estimate of drug-likeness (QED) is 0.0554. The Morgan fingerprint density at radius 1 is 0.944 bits per heavy atom. The first kappa shape index (κ1) is 41.3. The summed E-state index contributed by atoms with van der Waals surface area (Å²) in [6.07, 6.45) is 8.72. The monoisotopic (exact) mass is 734 g/mol. The predicted molar refractivity (Wildman–Crippen MR) is 216 cm³/mol. The van der Waals surface area contributed by atoms with Gasteiger partial charge in [0.15, 0.2) is 6.19 Å². The number of aromatic nitrogens is 4. The van der Waals surface area contributed by atoms with E-state index in [2.05, 4.69) is 94.6 Å². The molecule has 12 heteroatoms. The van der Waals surface area contributed by atoms with E-state index in [1.54, 1.807) is 19.0 Å². The van der Waals surface area contributed by atoms with Crippen LogP contribution in [0.25, 0.3) is 33.6 Å². The number of H-pyrrole nitrogens is 2. The van der Waals surface area contributed by atoms with Crippen molar-refractivity contribution in [2.75, 3.05) is 27.2 Å². The Morgan fingerprint density at radius 3 is 2.06 bits per heavy atom. The van der Waals surface area contributed by atoms with Gasteiger partial charge in [-0.05, 0) is 53.4 Å². The maximum Gasteiger partial charge on any atom is 0.248 e. The molecule has 2 unspecified atom stereocenters. The summed E-state index contributed by atoms with van der Waals surface area (Å²) in [6, 6.07) is 15.9. The summed E-state index contributed by atoms with van der Waals surface area (Å²) >= 11 is 0. The molecule has 288 valence electrons. The number of nitrogens with one attached hydrogen (secondary N) is 3. The Balaban J connectivity index is 0.00000319. The van der Waals surface area contributed by atoms with Crippen LogP contribution >= 0.6 is 0 Å². The largest absolute Gasteiger partial charge is 0.348 e. The standard InChI is InChI=1S/C40H52N10O2.C2H6/c1-8-19-49(36(51)21-26(2)3)24-35-42-22-32(45-35)30-15-11-28(12-16-30)29-13-17-31(18-14-29)33-23-43-38(46-33)34-10-9-20-50(34)39(52)37(27(4)5)47-40(44-25-41)48(6)7;1-2/h11-18,22-23,26-27,34,37H,8-10,19-21,24H2,1-7H3,(H,42,45)(H,43,46)(H,44,47);1-2H3. The molecule has 0 saturated carbocycles. The first-order valence-corrected chi connectivity index (χ1v) is 19.3. The third kappa shape index (κ3) is 10.4. The number of guanidine groups is 1. The molecule has 2 amide bonds. The van der Waals surface area contributed by atoms with Crippen molar-refractivity contribution in [3.8, 4) is 39.8 Å². The van der Waals surface area contributed by atoms with Gasteiger partial charge in [-0.1, -0.05) is 97.0 Å². The fourth-order valence-electron chi connectivity index (χ4n) is 6.56. The molecule has 1 aliphatic rings. The van der Waals surface area contributed by atoms with Gasteiger partial charge in [0.2, 0.25) is 17.8 Å². The third-order valence-corrected chi connectivity index (χ3v) is 9.31. The van der Waals surface area contributed by atoms with E-state index >= 15 is 0 Å². The molecule has 12 nitrogen and oxygen atoms in total. The lowest BCUT2D eigenvalue weighted by atomic mass is 10.0. The molecule has 4 aromatic rings. The molecule has 3 heterocycles. The van der Waals surface area contributed by atoms with Gasteiger partial charge in [-0.25, -0.2) is 15.0 Å². The van der Waals surface area contributed by atoms with E-state index in [-0.39, 0.29) is 23.8 Å². The fraction of sp³-hybridized carbons (Fsp3) is 0.476. The second kappa shape index (κ2) is 19.6. The van der Waals surface area contributed by atoms with Crippen LogP contribution in [0.4, 0.5) is 0 Å². The SMILES string of the molecule is CC.CCCN(Cc1ncc(-c2ccc(-c3ccc(-c4cnc(C5CCCN5C(=O)C(N=C(NC#N)N(C)C)C(C)C)[nH]4)cc3)cc2)[nH]1)C(=O)CC(C)C. The molecule has 1 saturated heterocycles. The van der Waals surface area contributed by atoms with Gasteiger partial charge < -0.3 is 24.7 Å². The summed E-state index contributed by atoms with van der Waals surface area (Å²) in [5.41, 5.74) is 6.04. The van der Waals surface area contributed by atoms with Gasteiger partial charge in [0.25, 0.3) is 0 Å². The first-order chi connectivity index (χ1) is 26.0. The van der Waals surface area contributed by atoms with Gasteiger partial charge in [-0.3, -0.25) is 14.9 Å². The van der Waals surface area contributed by atoms with Crippen molar-refractivity contribution in [3.05, 3.63) is 72.6 Å². The lowest BCUT2D eigenvalue weighted by molar-refractivity contribution is -0.134. The summed E-state index contributed by atoms with van der Waals surface area (Å²) in [7, 11) is 3.58. The van der Waals surface area contributed by atoms with Crippen molar-refractivity contribution < 1.29 is 9.59 Å². The van der Waals surface area contributed by atoms with E-state index in [1.165, 1.54) is 0 Å². The first-order valence-electron chi connectivity index (χ1n) is 19.3. The molecule has 2 aromatic heterocycles. The lowest BCUT2D eigenvalue weighted by Gasteiger charge is -2.28. The van der Waals surface area contributed by atoms with Crippen LogP contribution in [0.2, 0.25) is 0 Å². The Hall–Kier alpha value is -5.44. The molecule has 0 spiro atoms. The summed E-state index contributed by atoms with van der Waals surface area (Å²) in [5, 5.41) is 11.8. The molecule has 1 fully saturated rings. The highest BCUT2D eigenvalue weighted by molar-refractivity contribution is 5.88. The second-order valence-electron chi connectivity index (χ2n) is 14.5. The van der Waals surface area contributed by atoms with Crippen molar-refractivity contribution in [1.29, 1.82) is 5.26 Å². The molecular formula is C42H58N10O2. The van der Waals surface area contributed by atoms with Gasteiger partial charge in [0.05, 0.1) is 36.4 Å². The molecule has 2 aromatic carbocycles. The number of carbonyl (C=O) groups is 2. The van der Waals surface area contributed by atoms with E-state index in [4.69, 9.17) is 10.2 Å². The molecule has 3 N–H and O–H groups in total. The zero-order chi connectivity index (χ0) is 39.4. The van der Waals surface area contributed by atoms with Crippen LogP contribution < -0.4 is 5.32 Å². The minimum absolute atomic E-state index is 0.0523. The molecule has 5 rings (SSSR count). The number of nitriles is 1. The number of imidazole rings is 2. The van der Waals surface area contributed by atoms with Crippen molar-refractivity contribution in [3.63, 3.8) is 0 Å². The average Bonchev–Trinajstić information content (AvgIpc) is 3.95. The highest BCUT2D eigenvalue weighted by atomic mass is 16.2. The fourth-order valence-corrected chi connectivity index (χ4v) is 6.56. The molecule has 1 aliphatic heterocycles. The maximum atomic E-state index is 13.8. The number of hydrogen-bond acceptors (Lipinski definition) is 6. The van der Waals surface area contributed by atoms with Crippen LogP contribution in [0.1, 0.15) is 91.8 Å². The third-order valence-electron chi connectivity index (χ3n) is 9.31. The highest BCUT2D eigenvalue weighted by Crippen LogP contribution is 2.34. The zero-order valence-corrected chi connectivity index (χ0v) is 33.5. The number of nitrogens with zero attached hydrogens (tertiary/aromatic N) is 7. The van der Waals surface area contributed by atoms with Gasteiger partial charge in [0.1, 0.15) is 17.7 Å². The normalized spacial score (nSPS) is 14.7. The number of rotatable bonds is 13. The van der Waals surface area contributed by atoms with Gasteiger partial charge >= 0.3 is 0 Å². The smallest absolute Gasteiger partial charge is 0.248 e. The molecule has 0 aliphatic carbocycles. The van der Waals surface area contributed by atoms with Crippen LogP contribution in [-0.2, 0) is 16.1 Å². The Kier molecular flexibility index (Phi) is 15.0. The minimum atomic E-state index is -0.625. The molecule has 0 radical (unpaired) electrons. The van der Waals surface area contributed by atoms with Crippen LogP contribution in [0.15, 0.2) is 65.9 Å². The number of carbonyl (C=O) groups excluding carboxylic acids is 2. The van der Waals surface area contributed by atoms with E-state index < -0.39 is 6.04 Å².